The third-order valence-electron chi connectivity index (χ3n) is 2.59. The van der Waals surface area contributed by atoms with Crippen molar-refractivity contribution in [2.45, 2.75) is 39.5 Å². The van der Waals surface area contributed by atoms with E-state index in [-0.39, 0.29) is 16.3 Å². The summed E-state index contributed by atoms with van der Waals surface area (Å²) in [5, 5.41) is 7.37. The van der Waals surface area contributed by atoms with Crippen LogP contribution in [0.4, 0.5) is 0 Å². The molecule has 4 nitrogen and oxygen atoms in total. The van der Waals surface area contributed by atoms with Gasteiger partial charge in [0.15, 0.2) is 0 Å². The third kappa shape index (κ3) is 5.04. The third-order valence-corrected chi connectivity index (χ3v) is 2.99. The Hall–Kier alpha value is -0.610. The maximum atomic E-state index is 5.81. The van der Waals surface area contributed by atoms with Gasteiger partial charge in [-0.25, -0.2) is 0 Å². The summed E-state index contributed by atoms with van der Waals surface area (Å²) in [6.45, 7) is 4.92. The maximum Gasteiger partial charge on any atom is 0.256 e. The Morgan fingerprint density at radius 2 is 2.00 bits per heavy atom. The second kappa shape index (κ2) is 7.67. The van der Waals surface area contributed by atoms with Crippen LogP contribution in [0.2, 0.25) is 10.4 Å². The molecule has 0 fully saturated rings. The fourth-order valence-corrected chi connectivity index (χ4v) is 1.72. The second-order valence-electron chi connectivity index (χ2n) is 3.90. The van der Waals surface area contributed by atoms with Gasteiger partial charge in [0.2, 0.25) is 10.4 Å². The second-order valence-corrected chi connectivity index (χ2v) is 4.60. The van der Waals surface area contributed by atoms with Crippen molar-refractivity contribution < 1.29 is 4.74 Å². The van der Waals surface area contributed by atoms with E-state index in [1.165, 1.54) is 12.8 Å². The van der Waals surface area contributed by atoms with Crippen LogP contribution in [0, 0.1) is 5.92 Å². The zero-order valence-electron chi connectivity index (χ0n) is 10.1. The normalized spacial score (nSPS) is 12.5. The van der Waals surface area contributed by atoms with Crippen LogP contribution < -0.4 is 4.74 Å². The topological polar surface area (TPSA) is 47.9 Å². The number of hydrogen-bond donors (Lipinski definition) is 0. The highest BCUT2D eigenvalue weighted by Crippen LogP contribution is 2.21. The van der Waals surface area contributed by atoms with E-state index in [4.69, 9.17) is 27.9 Å². The van der Waals surface area contributed by atoms with E-state index < -0.39 is 0 Å². The SMILES string of the molecule is CCCCC(CC)COc1nc(Cl)nnc1Cl. The highest BCUT2D eigenvalue weighted by atomic mass is 35.5. The van der Waals surface area contributed by atoms with Crippen LogP contribution >= 0.6 is 23.2 Å². The van der Waals surface area contributed by atoms with Gasteiger partial charge in [0.05, 0.1) is 6.61 Å². The summed E-state index contributed by atoms with van der Waals surface area (Å²) in [6, 6.07) is 0. The predicted octanol–water partition coefficient (Wildman–Crippen LogP) is 3.77. The van der Waals surface area contributed by atoms with Gasteiger partial charge >= 0.3 is 0 Å². The number of aromatic nitrogens is 3. The molecule has 0 aromatic carbocycles. The van der Waals surface area contributed by atoms with Crippen molar-refractivity contribution in [1.29, 1.82) is 0 Å². The molecule has 17 heavy (non-hydrogen) atoms. The lowest BCUT2D eigenvalue weighted by Gasteiger charge is -2.15. The molecule has 0 N–H and O–H groups in total. The van der Waals surface area contributed by atoms with Crippen LogP contribution in [0.15, 0.2) is 0 Å². The fourth-order valence-electron chi connectivity index (χ4n) is 1.47. The lowest BCUT2D eigenvalue weighted by atomic mass is 10.0. The van der Waals surface area contributed by atoms with Gasteiger partial charge in [-0.05, 0) is 23.9 Å². The Balaban J connectivity index is 2.50. The van der Waals surface area contributed by atoms with Crippen molar-refractivity contribution in [2.75, 3.05) is 6.61 Å². The van der Waals surface area contributed by atoms with Gasteiger partial charge < -0.3 is 4.74 Å². The van der Waals surface area contributed by atoms with Gasteiger partial charge in [-0.3, -0.25) is 0 Å². The molecule has 0 aliphatic carbocycles. The van der Waals surface area contributed by atoms with Crippen molar-refractivity contribution in [3.63, 3.8) is 0 Å². The zero-order chi connectivity index (χ0) is 12.7. The zero-order valence-corrected chi connectivity index (χ0v) is 11.6. The molecule has 1 rings (SSSR count). The van der Waals surface area contributed by atoms with E-state index in [0.717, 1.165) is 12.8 Å². The average molecular weight is 278 g/mol. The van der Waals surface area contributed by atoms with E-state index in [2.05, 4.69) is 29.0 Å². The minimum absolute atomic E-state index is 0.0472. The largest absolute Gasteiger partial charge is 0.475 e. The molecule has 1 aromatic rings. The molecular weight excluding hydrogens is 261 g/mol. The minimum atomic E-state index is 0.0472. The molecule has 1 unspecified atom stereocenters. The Morgan fingerprint density at radius 3 is 2.65 bits per heavy atom. The van der Waals surface area contributed by atoms with Gasteiger partial charge in [-0.15, -0.1) is 10.2 Å². The molecule has 0 aliphatic heterocycles. The summed E-state index contributed by atoms with van der Waals surface area (Å²) < 4.78 is 5.54. The van der Waals surface area contributed by atoms with E-state index in [1.807, 2.05) is 0 Å². The first-order chi connectivity index (χ1) is 8.17. The summed E-state index contributed by atoms with van der Waals surface area (Å²) in [6.07, 6.45) is 4.62. The molecule has 6 heteroatoms. The molecule has 1 heterocycles. The highest BCUT2D eigenvalue weighted by Gasteiger charge is 2.11. The number of hydrogen-bond acceptors (Lipinski definition) is 4. The van der Waals surface area contributed by atoms with E-state index >= 15 is 0 Å². The number of halogens is 2. The first-order valence-electron chi connectivity index (χ1n) is 5.85. The average Bonchev–Trinajstić information content (AvgIpc) is 2.33. The van der Waals surface area contributed by atoms with Crippen molar-refractivity contribution in [1.82, 2.24) is 15.2 Å². The van der Waals surface area contributed by atoms with Crippen LogP contribution in [0.3, 0.4) is 0 Å². The molecule has 0 amide bonds. The number of rotatable bonds is 7. The monoisotopic (exact) mass is 277 g/mol. The summed E-state index contributed by atoms with van der Waals surface area (Å²) in [5.41, 5.74) is 0. The Morgan fingerprint density at radius 1 is 1.24 bits per heavy atom. The van der Waals surface area contributed by atoms with E-state index in [1.54, 1.807) is 0 Å². The molecule has 0 bridgehead atoms. The molecule has 0 radical (unpaired) electrons. The van der Waals surface area contributed by atoms with Gasteiger partial charge in [0.25, 0.3) is 5.88 Å². The quantitative estimate of drug-likeness (QED) is 0.761. The van der Waals surface area contributed by atoms with Crippen molar-refractivity contribution in [2.24, 2.45) is 5.92 Å². The standard InChI is InChI=1S/C11H17Cl2N3O/c1-3-5-6-8(4-2)7-17-10-9(12)15-16-11(13)14-10/h8H,3-7H2,1-2H3. The van der Waals surface area contributed by atoms with Crippen LogP contribution in [0.5, 0.6) is 5.88 Å². The molecule has 96 valence electrons. The first-order valence-corrected chi connectivity index (χ1v) is 6.61. The molecule has 0 spiro atoms. The maximum absolute atomic E-state index is 5.81. The number of ether oxygens (including phenoxy) is 1. The Labute approximate surface area is 112 Å². The summed E-state index contributed by atoms with van der Waals surface area (Å²) >= 11 is 11.4. The first kappa shape index (κ1) is 14.5. The van der Waals surface area contributed by atoms with Crippen molar-refractivity contribution in [3.8, 4) is 5.88 Å². The van der Waals surface area contributed by atoms with Crippen LogP contribution in [-0.4, -0.2) is 21.8 Å². The number of nitrogens with zero attached hydrogens (tertiary/aromatic N) is 3. The predicted molar refractivity (Wildman–Crippen MR) is 68.6 cm³/mol. The van der Waals surface area contributed by atoms with Crippen LogP contribution in [-0.2, 0) is 0 Å². The number of unbranched alkanes of at least 4 members (excludes halogenated alkanes) is 1. The van der Waals surface area contributed by atoms with E-state index in [0.29, 0.717) is 12.5 Å². The molecular formula is C11H17Cl2N3O. The van der Waals surface area contributed by atoms with Crippen molar-refractivity contribution >= 4 is 23.2 Å². The smallest absolute Gasteiger partial charge is 0.256 e. The van der Waals surface area contributed by atoms with Gasteiger partial charge in [-0.1, -0.05) is 44.7 Å². The lowest BCUT2D eigenvalue weighted by molar-refractivity contribution is 0.224. The van der Waals surface area contributed by atoms with Gasteiger partial charge in [-0.2, -0.15) is 4.98 Å². The van der Waals surface area contributed by atoms with Crippen LogP contribution in [0.25, 0.3) is 0 Å². The molecule has 1 atom stereocenters. The Kier molecular flexibility index (Phi) is 6.52. The van der Waals surface area contributed by atoms with E-state index in [9.17, 15) is 0 Å². The van der Waals surface area contributed by atoms with Gasteiger partial charge in [0.1, 0.15) is 0 Å². The molecule has 0 saturated carbocycles. The summed E-state index contributed by atoms with van der Waals surface area (Å²) in [5.74, 6) is 0.779. The minimum Gasteiger partial charge on any atom is -0.475 e. The highest BCUT2D eigenvalue weighted by molar-refractivity contribution is 6.31. The van der Waals surface area contributed by atoms with Crippen LogP contribution in [0.1, 0.15) is 39.5 Å². The fraction of sp³-hybridized carbons (Fsp3) is 0.727. The Bertz CT molecular complexity index is 349. The molecule has 0 saturated heterocycles. The lowest BCUT2D eigenvalue weighted by Crippen LogP contribution is -2.12. The summed E-state index contributed by atoms with van der Waals surface area (Å²) in [7, 11) is 0. The van der Waals surface area contributed by atoms with Gasteiger partial charge in [0, 0.05) is 0 Å². The van der Waals surface area contributed by atoms with Crippen molar-refractivity contribution in [3.05, 3.63) is 10.4 Å². The molecule has 1 aromatic heterocycles. The summed E-state index contributed by atoms with van der Waals surface area (Å²) in [4.78, 5) is 3.90. The molecule has 0 aliphatic rings.